The maximum atomic E-state index is 12.7. The molecule has 0 spiro atoms. The van der Waals surface area contributed by atoms with Gasteiger partial charge in [-0.3, -0.25) is 10.1 Å². The third kappa shape index (κ3) is 4.75. The third-order valence-corrected chi connectivity index (χ3v) is 4.85. The largest absolute Gasteiger partial charge is 0.463 e. The van der Waals surface area contributed by atoms with Crippen LogP contribution in [-0.4, -0.2) is 36.1 Å². The maximum absolute atomic E-state index is 12.7. The van der Waals surface area contributed by atoms with Gasteiger partial charge in [0, 0.05) is 11.6 Å². The highest BCUT2D eigenvalue weighted by Crippen LogP contribution is 2.28. The van der Waals surface area contributed by atoms with Crippen molar-refractivity contribution in [1.29, 1.82) is 0 Å². The highest BCUT2D eigenvalue weighted by atomic mass is 16.6. The standard InChI is InChI=1S/C22H21N3O7/c1-3-31-21(27)18-16(23-22(28)24-19(18)14-8-5-4-6-9-14)12-32-20(26)15-10-7-11-17(13(15)2)25(29)30/h4-11,19H,3,12H2,1-2H3,(H2,23,24,28). The van der Waals surface area contributed by atoms with Gasteiger partial charge in [0.05, 0.1) is 34.4 Å². The number of hydrogen-bond acceptors (Lipinski definition) is 7. The van der Waals surface area contributed by atoms with Gasteiger partial charge in [0.1, 0.15) is 6.61 Å². The first kappa shape index (κ1) is 22.5. The number of nitro benzene ring substituents is 1. The van der Waals surface area contributed by atoms with Crippen LogP contribution in [0.4, 0.5) is 10.5 Å². The molecule has 2 aromatic carbocycles. The third-order valence-electron chi connectivity index (χ3n) is 4.85. The van der Waals surface area contributed by atoms with Crippen molar-refractivity contribution < 1.29 is 28.8 Å². The normalized spacial score (nSPS) is 15.4. The number of benzene rings is 2. The first-order chi connectivity index (χ1) is 15.3. The van der Waals surface area contributed by atoms with Crippen molar-refractivity contribution in [2.24, 2.45) is 0 Å². The number of amides is 2. The SMILES string of the molecule is CCOC(=O)C1=C(COC(=O)c2cccc([N+](=O)[O-])c2C)NC(=O)NC1c1ccccc1. The molecule has 1 atom stereocenters. The van der Waals surface area contributed by atoms with Crippen LogP contribution in [0.2, 0.25) is 0 Å². The lowest BCUT2D eigenvalue weighted by Gasteiger charge is -2.29. The lowest BCUT2D eigenvalue weighted by Crippen LogP contribution is -2.47. The van der Waals surface area contributed by atoms with E-state index in [2.05, 4.69) is 10.6 Å². The summed E-state index contributed by atoms with van der Waals surface area (Å²) in [5.74, 6) is -1.50. The zero-order valence-electron chi connectivity index (χ0n) is 17.4. The minimum atomic E-state index is -0.828. The monoisotopic (exact) mass is 439 g/mol. The number of nitrogens with zero attached hydrogens (tertiary/aromatic N) is 1. The lowest BCUT2D eigenvalue weighted by atomic mass is 9.95. The molecular formula is C22H21N3O7. The fraction of sp³-hybridized carbons (Fsp3) is 0.227. The van der Waals surface area contributed by atoms with Crippen molar-refractivity contribution in [3.8, 4) is 0 Å². The molecule has 0 aromatic heterocycles. The number of carbonyl (C=O) groups is 3. The molecule has 10 nitrogen and oxygen atoms in total. The first-order valence-electron chi connectivity index (χ1n) is 9.77. The van der Waals surface area contributed by atoms with Crippen LogP contribution in [0.15, 0.2) is 59.8 Å². The second-order valence-electron chi connectivity index (χ2n) is 6.84. The summed E-state index contributed by atoms with van der Waals surface area (Å²) >= 11 is 0. The number of ether oxygens (including phenoxy) is 2. The van der Waals surface area contributed by atoms with Crippen molar-refractivity contribution in [1.82, 2.24) is 10.6 Å². The first-order valence-corrected chi connectivity index (χ1v) is 9.77. The summed E-state index contributed by atoms with van der Waals surface area (Å²) in [5, 5.41) is 16.3. The second kappa shape index (κ2) is 9.73. The Hall–Kier alpha value is -4.21. The summed E-state index contributed by atoms with van der Waals surface area (Å²) < 4.78 is 10.5. The summed E-state index contributed by atoms with van der Waals surface area (Å²) in [4.78, 5) is 48.1. The highest BCUT2D eigenvalue weighted by molar-refractivity contribution is 5.96. The van der Waals surface area contributed by atoms with Gasteiger partial charge in [0.15, 0.2) is 0 Å². The Morgan fingerprint density at radius 2 is 1.78 bits per heavy atom. The van der Waals surface area contributed by atoms with Crippen molar-refractivity contribution in [2.45, 2.75) is 19.9 Å². The van der Waals surface area contributed by atoms with Gasteiger partial charge in [0.25, 0.3) is 5.69 Å². The minimum absolute atomic E-state index is 0.0114. The number of rotatable bonds is 7. The molecule has 2 aromatic rings. The van der Waals surface area contributed by atoms with Crippen molar-refractivity contribution >= 4 is 23.7 Å². The molecular weight excluding hydrogens is 418 g/mol. The van der Waals surface area contributed by atoms with Crippen molar-refractivity contribution in [2.75, 3.05) is 13.2 Å². The van der Waals surface area contributed by atoms with Crippen LogP contribution in [0.1, 0.15) is 34.5 Å². The Balaban J connectivity index is 1.93. The molecule has 3 rings (SSSR count). The van der Waals surface area contributed by atoms with Crippen molar-refractivity contribution in [3.63, 3.8) is 0 Å². The summed E-state index contributed by atoms with van der Waals surface area (Å²) in [7, 11) is 0. The fourth-order valence-corrected chi connectivity index (χ4v) is 3.34. The van der Waals surface area contributed by atoms with Crippen LogP contribution in [0.5, 0.6) is 0 Å². The average molecular weight is 439 g/mol. The Bertz CT molecular complexity index is 1100. The van der Waals surface area contributed by atoms with Crippen LogP contribution in [0, 0.1) is 17.0 Å². The molecule has 2 N–H and O–H groups in total. The summed E-state index contributed by atoms with van der Waals surface area (Å²) in [6, 6.07) is 11.5. The number of esters is 2. The maximum Gasteiger partial charge on any atom is 0.339 e. The molecule has 0 saturated carbocycles. The van der Waals surface area contributed by atoms with Crippen LogP contribution in [0.3, 0.4) is 0 Å². The molecule has 1 aliphatic rings. The topological polar surface area (TPSA) is 137 Å². The van der Waals surface area contributed by atoms with E-state index in [0.29, 0.717) is 5.56 Å². The predicted molar refractivity (Wildman–Crippen MR) is 113 cm³/mol. The average Bonchev–Trinajstić information content (AvgIpc) is 2.77. The quantitative estimate of drug-likeness (QED) is 0.384. The lowest BCUT2D eigenvalue weighted by molar-refractivity contribution is -0.385. The molecule has 0 fully saturated rings. The number of carbonyl (C=O) groups excluding carboxylic acids is 3. The zero-order chi connectivity index (χ0) is 23.3. The van der Waals surface area contributed by atoms with E-state index in [-0.39, 0.29) is 34.7 Å². The summed E-state index contributed by atoms with van der Waals surface area (Å²) in [6.07, 6.45) is 0. The molecule has 0 aliphatic carbocycles. The van der Waals surface area contributed by atoms with E-state index >= 15 is 0 Å². The number of hydrogen-bond donors (Lipinski definition) is 2. The Morgan fingerprint density at radius 3 is 2.44 bits per heavy atom. The van der Waals surface area contributed by atoms with E-state index in [1.165, 1.54) is 25.1 Å². The molecule has 32 heavy (non-hydrogen) atoms. The highest BCUT2D eigenvalue weighted by Gasteiger charge is 2.34. The van der Waals surface area contributed by atoms with E-state index in [9.17, 15) is 24.5 Å². The predicted octanol–water partition coefficient (Wildman–Crippen LogP) is 2.93. The van der Waals surface area contributed by atoms with Gasteiger partial charge in [-0.15, -0.1) is 0 Å². The molecule has 0 bridgehead atoms. The van der Waals surface area contributed by atoms with E-state index < -0.39 is 35.5 Å². The molecule has 166 valence electrons. The van der Waals surface area contributed by atoms with Gasteiger partial charge >= 0.3 is 18.0 Å². The second-order valence-corrected chi connectivity index (χ2v) is 6.84. The smallest absolute Gasteiger partial charge is 0.339 e. The summed E-state index contributed by atoms with van der Waals surface area (Å²) in [6.45, 7) is 2.76. The number of urea groups is 1. The van der Waals surface area contributed by atoms with E-state index in [1.54, 1.807) is 37.3 Å². The molecule has 1 heterocycles. The molecule has 1 aliphatic heterocycles. The van der Waals surface area contributed by atoms with Crippen LogP contribution in [0.25, 0.3) is 0 Å². The van der Waals surface area contributed by atoms with Gasteiger partial charge < -0.3 is 20.1 Å². The van der Waals surface area contributed by atoms with Gasteiger partial charge in [0.2, 0.25) is 0 Å². The summed E-state index contributed by atoms with van der Waals surface area (Å²) in [5.41, 5.74) is 0.753. The fourth-order valence-electron chi connectivity index (χ4n) is 3.34. The van der Waals surface area contributed by atoms with Gasteiger partial charge in [-0.05, 0) is 25.5 Å². The Morgan fingerprint density at radius 1 is 1.06 bits per heavy atom. The minimum Gasteiger partial charge on any atom is -0.463 e. The molecule has 0 saturated heterocycles. The van der Waals surface area contributed by atoms with Crippen LogP contribution < -0.4 is 10.6 Å². The number of nitro groups is 1. The van der Waals surface area contributed by atoms with E-state index in [4.69, 9.17) is 9.47 Å². The molecule has 1 unspecified atom stereocenters. The Kier molecular flexibility index (Phi) is 6.83. The Labute approximate surface area is 183 Å². The molecule has 10 heteroatoms. The van der Waals surface area contributed by atoms with Gasteiger partial charge in [-0.25, -0.2) is 14.4 Å². The zero-order valence-corrected chi connectivity index (χ0v) is 17.4. The molecule has 2 amide bonds. The molecule has 0 radical (unpaired) electrons. The van der Waals surface area contributed by atoms with Gasteiger partial charge in [-0.1, -0.05) is 36.4 Å². The van der Waals surface area contributed by atoms with Crippen molar-refractivity contribution in [3.05, 3.63) is 86.6 Å². The van der Waals surface area contributed by atoms with Gasteiger partial charge in [-0.2, -0.15) is 0 Å². The van der Waals surface area contributed by atoms with E-state index in [1.807, 2.05) is 0 Å². The van der Waals surface area contributed by atoms with Crippen LogP contribution >= 0.6 is 0 Å². The number of nitrogens with one attached hydrogen (secondary N) is 2. The van der Waals surface area contributed by atoms with Crippen LogP contribution in [-0.2, 0) is 14.3 Å². The van der Waals surface area contributed by atoms with E-state index in [0.717, 1.165) is 0 Å².